The van der Waals surface area contributed by atoms with E-state index >= 15 is 0 Å². The van der Waals surface area contributed by atoms with Crippen molar-refractivity contribution >= 4 is 12.2 Å². The molecule has 2 aromatic rings. The van der Waals surface area contributed by atoms with Gasteiger partial charge in [-0.3, -0.25) is 0 Å². The smallest absolute Gasteiger partial charge is 0.122 e. The van der Waals surface area contributed by atoms with Gasteiger partial charge in [0.2, 0.25) is 0 Å². The van der Waals surface area contributed by atoms with Crippen LogP contribution < -0.4 is 4.74 Å². The predicted octanol–water partition coefficient (Wildman–Crippen LogP) is 5.35. The van der Waals surface area contributed by atoms with Crippen molar-refractivity contribution in [3.05, 3.63) is 76.9 Å². The molecule has 0 heterocycles. The van der Waals surface area contributed by atoms with Gasteiger partial charge in [-0.2, -0.15) is 0 Å². The van der Waals surface area contributed by atoms with Gasteiger partial charge in [0.25, 0.3) is 0 Å². The van der Waals surface area contributed by atoms with Crippen LogP contribution in [0.1, 0.15) is 36.1 Å². The van der Waals surface area contributed by atoms with Gasteiger partial charge in [0.1, 0.15) is 5.75 Å². The number of ether oxygens (including phenoxy) is 1. The number of allylic oxidation sites excluding steroid dienone is 2. The second-order valence-electron chi connectivity index (χ2n) is 4.99. The average Bonchev–Trinajstić information content (AvgIpc) is 2.50. The first-order valence-corrected chi connectivity index (χ1v) is 7.28. The SMILES string of the molecule is CC=Cc1ccc(Cc2cc(/C=C/C)ccc2OC)cc1. The van der Waals surface area contributed by atoms with Crippen LogP contribution in [0.5, 0.6) is 5.75 Å². The number of benzene rings is 2. The zero-order valence-corrected chi connectivity index (χ0v) is 13.0. The molecule has 0 aliphatic carbocycles. The predicted molar refractivity (Wildman–Crippen MR) is 91.7 cm³/mol. The minimum Gasteiger partial charge on any atom is -0.496 e. The molecule has 0 unspecified atom stereocenters. The maximum Gasteiger partial charge on any atom is 0.122 e. The second-order valence-corrected chi connectivity index (χ2v) is 4.99. The van der Waals surface area contributed by atoms with Crippen molar-refractivity contribution in [3.63, 3.8) is 0 Å². The number of hydrogen-bond donors (Lipinski definition) is 0. The Balaban J connectivity index is 2.26. The van der Waals surface area contributed by atoms with Gasteiger partial charge in [-0.05, 0) is 48.2 Å². The molecular weight excluding hydrogens is 256 g/mol. The largest absolute Gasteiger partial charge is 0.496 e. The highest BCUT2D eigenvalue weighted by molar-refractivity contribution is 5.54. The molecule has 0 amide bonds. The third-order valence-corrected chi connectivity index (χ3v) is 3.40. The maximum atomic E-state index is 5.48. The van der Waals surface area contributed by atoms with E-state index < -0.39 is 0 Å². The summed E-state index contributed by atoms with van der Waals surface area (Å²) < 4.78 is 5.48. The maximum absolute atomic E-state index is 5.48. The van der Waals surface area contributed by atoms with E-state index in [1.165, 1.54) is 22.3 Å². The van der Waals surface area contributed by atoms with E-state index in [0.717, 1.165) is 12.2 Å². The van der Waals surface area contributed by atoms with Crippen LogP contribution >= 0.6 is 0 Å². The Kier molecular flexibility index (Phi) is 5.39. The van der Waals surface area contributed by atoms with Crippen LogP contribution in [-0.4, -0.2) is 7.11 Å². The summed E-state index contributed by atoms with van der Waals surface area (Å²) in [6, 6.07) is 15.0. The molecule has 2 aromatic carbocycles. The molecule has 1 nitrogen and oxygen atoms in total. The summed E-state index contributed by atoms with van der Waals surface area (Å²) in [5.74, 6) is 0.945. The van der Waals surface area contributed by atoms with Gasteiger partial charge in [-0.15, -0.1) is 0 Å². The minimum atomic E-state index is 0.880. The molecule has 1 heteroatoms. The summed E-state index contributed by atoms with van der Waals surface area (Å²) >= 11 is 0. The number of rotatable bonds is 5. The molecule has 0 radical (unpaired) electrons. The zero-order valence-electron chi connectivity index (χ0n) is 13.0. The van der Waals surface area contributed by atoms with Crippen LogP contribution in [0.25, 0.3) is 12.2 Å². The Bertz CT molecular complexity index is 633. The van der Waals surface area contributed by atoms with Crippen molar-refractivity contribution in [2.45, 2.75) is 20.3 Å². The van der Waals surface area contributed by atoms with Crippen molar-refractivity contribution < 1.29 is 4.74 Å². The first kappa shape index (κ1) is 15.1. The zero-order chi connectivity index (χ0) is 15.1. The lowest BCUT2D eigenvalue weighted by atomic mass is 10.0. The van der Waals surface area contributed by atoms with Gasteiger partial charge >= 0.3 is 0 Å². The van der Waals surface area contributed by atoms with Gasteiger partial charge < -0.3 is 4.74 Å². The van der Waals surface area contributed by atoms with Crippen LogP contribution in [0.15, 0.2) is 54.6 Å². The lowest BCUT2D eigenvalue weighted by molar-refractivity contribution is 0.410. The highest BCUT2D eigenvalue weighted by atomic mass is 16.5. The Morgan fingerprint density at radius 1 is 0.857 bits per heavy atom. The van der Waals surface area contributed by atoms with Gasteiger partial charge in [0, 0.05) is 6.42 Å². The summed E-state index contributed by atoms with van der Waals surface area (Å²) in [4.78, 5) is 0. The molecule has 0 N–H and O–H groups in total. The molecule has 0 aliphatic rings. The fraction of sp³-hybridized carbons (Fsp3) is 0.200. The van der Waals surface area contributed by atoms with Crippen LogP contribution in [0.4, 0.5) is 0 Å². The molecule has 0 fully saturated rings. The normalized spacial score (nSPS) is 11.4. The van der Waals surface area contributed by atoms with Gasteiger partial charge in [0.05, 0.1) is 7.11 Å². The minimum absolute atomic E-state index is 0.880. The van der Waals surface area contributed by atoms with E-state index in [4.69, 9.17) is 4.74 Å². The lowest BCUT2D eigenvalue weighted by Gasteiger charge is -2.10. The van der Waals surface area contributed by atoms with Crippen molar-refractivity contribution in [3.8, 4) is 5.75 Å². The Morgan fingerprint density at radius 3 is 2.10 bits per heavy atom. The first-order chi connectivity index (χ1) is 10.3. The monoisotopic (exact) mass is 278 g/mol. The third kappa shape index (κ3) is 4.09. The first-order valence-electron chi connectivity index (χ1n) is 7.28. The summed E-state index contributed by atoms with van der Waals surface area (Å²) in [5.41, 5.74) is 4.95. The molecule has 0 aliphatic heterocycles. The lowest BCUT2D eigenvalue weighted by Crippen LogP contribution is -1.94. The van der Waals surface area contributed by atoms with Crippen LogP contribution in [0, 0.1) is 0 Å². The van der Waals surface area contributed by atoms with Crippen molar-refractivity contribution in [2.75, 3.05) is 7.11 Å². The summed E-state index contributed by atoms with van der Waals surface area (Å²) in [6.45, 7) is 4.06. The average molecular weight is 278 g/mol. The van der Waals surface area contributed by atoms with Gasteiger partial charge in [0.15, 0.2) is 0 Å². The molecule has 2 rings (SSSR count). The van der Waals surface area contributed by atoms with Crippen LogP contribution in [0.2, 0.25) is 0 Å². The van der Waals surface area contributed by atoms with Crippen LogP contribution in [-0.2, 0) is 6.42 Å². The molecule has 21 heavy (non-hydrogen) atoms. The van der Waals surface area contributed by atoms with E-state index in [2.05, 4.69) is 60.7 Å². The van der Waals surface area contributed by atoms with Gasteiger partial charge in [-0.1, -0.05) is 54.6 Å². The molecule has 0 aromatic heterocycles. The van der Waals surface area contributed by atoms with E-state index in [1.807, 2.05) is 19.9 Å². The molecule has 0 atom stereocenters. The van der Waals surface area contributed by atoms with E-state index in [0.29, 0.717) is 0 Å². The second kappa shape index (κ2) is 7.49. The highest BCUT2D eigenvalue weighted by Gasteiger charge is 2.05. The molecular formula is C20H22O. The highest BCUT2D eigenvalue weighted by Crippen LogP contribution is 2.24. The molecule has 0 saturated heterocycles. The third-order valence-electron chi connectivity index (χ3n) is 3.40. The van der Waals surface area contributed by atoms with E-state index in [1.54, 1.807) is 7.11 Å². The summed E-state index contributed by atoms with van der Waals surface area (Å²) in [5, 5.41) is 0. The summed E-state index contributed by atoms with van der Waals surface area (Å²) in [7, 11) is 1.73. The molecule has 0 spiro atoms. The topological polar surface area (TPSA) is 9.23 Å². The molecule has 108 valence electrons. The van der Waals surface area contributed by atoms with Crippen LogP contribution in [0.3, 0.4) is 0 Å². The fourth-order valence-corrected chi connectivity index (χ4v) is 2.39. The molecule has 0 bridgehead atoms. The fourth-order valence-electron chi connectivity index (χ4n) is 2.39. The van der Waals surface area contributed by atoms with Gasteiger partial charge in [-0.25, -0.2) is 0 Å². The Labute approximate surface area is 127 Å². The Morgan fingerprint density at radius 2 is 1.48 bits per heavy atom. The van der Waals surface area contributed by atoms with Crippen molar-refractivity contribution in [2.24, 2.45) is 0 Å². The number of methoxy groups -OCH3 is 1. The standard InChI is InChI=1S/C20H22O/c1-4-6-16-8-10-18(11-9-16)15-19-14-17(7-5-2)12-13-20(19)21-3/h4-14H,15H2,1-3H3/b6-4?,7-5+. The Hall–Kier alpha value is -2.28. The quantitative estimate of drug-likeness (QED) is 0.716. The van der Waals surface area contributed by atoms with E-state index in [-0.39, 0.29) is 0 Å². The van der Waals surface area contributed by atoms with Crippen molar-refractivity contribution in [1.82, 2.24) is 0 Å². The van der Waals surface area contributed by atoms with Crippen molar-refractivity contribution in [1.29, 1.82) is 0 Å². The molecule has 0 saturated carbocycles. The number of hydrogen-bond acceptors (Lipinski definition) is 1. The van der Waals surface area contributed by atoms with E-state index in [9.17, 15) is 0 Å². The summed E-state index contributed by atoms with van der Waals surface area (Å²) in [6.07, 6.45) is 9.20.